The first-order valence-corrected chi connectivity index (χ1v) is 46.1. The zero-order chi connectivity index (χ0) is 88.2. The average Bonchev–Trinajstić information content (AvgIpc) is 1.55. The van der Waals surface area contributed by atoms with Crippen LogP contribution in [0.2, 0.25) is 0 Å². The standard InChI is InChI=1S/C42H23N3O.2C41H27N3/c1-2-9-27-24(8-1)18-21-37-39(27)32-19-16-26(23-38(32)46-37)25-17-20-36-33(22-25)31-13-7-12-30-28-10-3-4-11-29(28)40-42(45(36)41(30)31)44-35-15-6-5-14-34(35)43-40;1-41(2)32-17-6-5-12-27(32)28-22-21-24(23-33(28)41)25-14-10-20-36-37(25)31-16-9-15-30-26-11-3-4-13-29(26)38-40(44(36)39(30)31)43-35-19-8-7-18-34(35)42-38;1-41(2)33-18-6-5-12-27(33)28-15-9-14-25(37(28)41)24-21-22-36-32(23-24)31-17-10-16-30-26-11-3-4-13-29(26)38-40(44(36)39(30)31)43-35-20-8-7-19-34(35)42-38/h1-23H;2*3-23H,1-2H3. The average molecular weight is 1710 g/mol. The summed E-state index contributed by atoms with van der Waals surface area (Å²) in [5.41, 5.74) is 45.4. The zero-order valence-electron chi connectivity index (χ0n) is 73.5. The van der Waals surface area contributed by atoms with Gasteiger partial charge in [-0.1, -0.05) is 331 Å². The van der Waals surface area contributed by atoms with Crippen LogP contribution in [0.25, 0.3) is 271 Å². The van der Waals surface area contributed by atoms with Gasteiger partial charge < -0.3 is 4.42 Å². The maximum atomic E-state index is 6.43. The maximum absolute atomic E-state index is 6.43. The molecule has 26 aromatic rings. The number of rotatable bonds is 3. The molecule has 0 radical (unpaired) electrons. The van der Waals surface area contributed by atoms with Crippen LogP contribution in [0.4, 0.5) is 0 Å². The lowest BCUT2D eigenvalue weighted by Gasteiger charge is -2.24. The molecule has 5 aliphatic rings. The number of furan rings is 1. The van der Waals surface area contributed by atoms with Crippen molar-refractivity contribution in [2.45, 2.75) is 38.5 Å². The Bertz CT molecular complexity index is 9750. The summed E-state index contributed by atoms with van der Waals surface area (Å²) in [6, 6.07) is 142. The fraction of sp³-hybridized carbons (Fsp3) is 0.0484. The first-order chi connectivity index (χ1) is 66.0. The van der Waals surface area contributed by atoms with E-state index in [4.69, 9.17) is 34.3 Å². The maximum Gasteiger partial charge on any atom is 0.165 e. The van der Waals surface area contributed by atoms with Crippen molar-refractivity contribution in [1.82, 2.24) is 43.6 Å². The van der Waals surface area contributed by atoms with Crippen molar-refractivity contribution >= 4 is 131 Å². The van der Waals surface area contributed by atoms with Crippen molar-refractivity contribution in [2.75, 3.05) is 0 Å². The van der Waals surface area contributed by atoms with E-state index in [1.54, 1.807) is 0 Å². The molecule has 0 amide bonds. The minimum Gasteiger partial charge on any atom is -0.456 e. The molecule has 31 rings (SSSR count). The van der Waals surface area contributed by atoms with Crippen molar-refractivity contribution in [3.05, 3.63) is 417 Å². The molecule has 0 unspecified atom stereocenters. The molecule has 2 aliphatic carbocycles. The third-order valence-electron chi connectivity index (χ3n) is 29.6. The van der Waals surface area contributed by atoms with Crippen molar-refractivity contribution in [2.24, 2.45) is 0 Å². The molecule has 0 spiro atoms. The van der Waals surface area contributed by atoms with Gasteiger partial charge in [-0.25, -0.2) is 29.9 Å². The number of hydrogen-bond acceptors (Lipinski definition) is 7. The first-order valence-electron chi connectivity index (χ1n) is 46.1. The Labute approximate surface area is 769 Å². The van der Waals surface area contributed by atoms with Crippen LogP contribution in [0, 0.1) is 0 Å². The molecular formula is C124H77N9O. The molecule has 134 heavy (non-hydrogen) atoms. The van der Waals surface area contributed by atoms with E-state index in [0.29, 0.717) is 0 Å². The molecular weight excluding hydrogens is 1630 g/mol. The fourth-order valence-electron chi connectivity index (χ4n) is 23.6. The van der Waals surface area contributed by atoms with Gasteiger partial charge in [-0.2, -0.15) is 0 Å². The quantitative estimate of drug-likeness (QED) is 0.173. The summed E-state index contributed by atoms with van der Waals surface area (Å²) in [4.78, 5) is 31.6. The number of benzene rings is 19. The van der Waals surface area contributed by atoms with Crippen molar-refractivity contribution in [1.29, 1.82) is 0 Å². The molecule has 19 aromatic carbocycles. The molecule has 10 heteroatoms. The monoisotopic (exact) mass is 1710 g/mol. The van der Waals surface area contributed by atoms with Crippen LogP contribution in [0.5, 0.6) is 0 Å². The molecule has 624 valence electrons. The summed E-state index contributed by atoms with van der Waals surface area (Å²) in [7, 11) is 0. The van der Waals surface area contributed by atoms with Crippen LogP contribution in [-0.2, 0) is 10.8 Å². The van der Waals surface area contributed by atoms with Crippen LogP contribution in [0.3, 0.4) is 0 Å². The number of para-hydroxylation sites is 9. The molecule has 0 N–H and O–H groups in total. The van der Waals surface area contributed by atoms with E-state index in [1.165, 1.54) is 160 Å². The second-order valence-electron chi connectivity index (χ2n) is 37.4. The number of aromatic nitrogens is 9. The van der Waals surface area contributed by atoms with Gasteiger partial charge in [-0.15, -0.1) is 0 Å². The van der Waals surface area contributed by atoms with E-state index >= 15 is 0 Å². The van der Waals surface area contributed by atoms with Gasteiger partial charge in [-0.3, -0.25) is 13.7 Å². The first kappa shape index (κ1) is 74.6. The number of nitrogens with zero attached hydrogens (tertiary/aromatic N) is 9. The second kappa shape index (κ2) is 27.6. The lowest BCUT2D eigenvalue weighted by Crippen LogP contribution is -2.16. The summed E-state index contributed by atoms with van der Waals surface area (Å²) in [5, 5.41) is 12.1. The van der Waals surface area contributed by atoms with Gasteiger partial charge in [0.25, 0.3) is 0 Å². The molecule has 10 nitrogen and oxygen atoms in total. The highest BCUT2D eigenvalue weighted by atomic mass is 16.3. The SMILES string of the molecule is CC1(C)c2ccccc2-c2ccc(-c3cccc4c3c3cccc5c3n4-c3nc4ccccc4nc3-c3ccccc3-5)cc21.CC1(C)c2ccccc2-c2cccc(-c3ccc4c(c3)c3cccc5c3n4-c3nc4ccccc4nc3-c3ccccc3-5)c21.c1ccc2c(c1)-c1nc3ccccc3nc1-n1c3ccc(-c4ccc5c(c4)oc4ccc6ccccc6c45)cc3c3cccc-2c31. The van der Waals surface area contributed by atoms with Crippen LogP contribution in [0.15, 0.2) is 399 Å². The Kier molecular flexibility index (Phi) is 15.4. The van der Waals surface area contributed by atoms with E-state index < -0.39 is 0 Å². The largest absolute Gasteiger partial charge is 0.456 e. The molecule has 0 saturated carbocycles. The summed E-state index contributed by atoms with van der Waals surface area (Å²) in [6.07, 6.45) is 0. The van der Waals surface area contributed by atoms with Crippen molar-refractivity contribution < 1.29 is 4.42 Å². The Morgan fingerprint density at radius 3 is 1.16 bits per heavy atom. The van der Waals surface area contributed by atoms with Gasteiger partial charge in [-0.05, 0) is 196 Å². The Hall–Kier alpha value is -17.3. The Balaban J connectivity index is 0.0000000980. The van der Waals surface area contributed by atoms with E-state index in [-0.39, 0.29) is 10.8 Å². The second-order valence-corrected chi connectivity index (χ2v) is 37.4. The molecule has 0 atom stereocenters. The van der Waals surface area contributed by atoms with Gasteiger partial charge >= 0.3 is 0 Å². The highest BCUT2D eigenvalue weighted by Crippen LogP contribution is 2.57. The predicted molar refractivity (Wildman–Crippen MR) is 551 cm³/mol. The fourth-order valence-corrected chi connectivity index (χ4v) is 23.6. The van der Waals surface area contributed by atoms with Gasteiger partial charge in [0.2, 0.25) is 0 Å². The van der Waals surface area contributed by atoms with Gasteiger partial charge in [0.15, 0.2) is 17.5 Å². The highest BCUT2D eigenvalue weighted by molar-refractivity contribution is 6.24. The third kappa shape index (κ3) is 10.4. The van der Waals surface area contributed by atoms with Gasteiger partial charge in [0, 0.05) is 87.3 Å². The Morgan fingerprint density at radius 1 is 0.209 bits per heavy atom. The van der Waals surface area contributed by atoms with Crippen LogP contribution in [0.1, 0.15) is 49.9 Å². The smallest absolute Gasteiger partial charge is 0.165 e. The molecule has 3 aliphatic heterocycles. The normalized spacial score (nSPS) is 13.3. The predicted octanol–water partition coefficient (Wildman–Crippen LogP) is 31.8. The van der Waals surface area contributed by atoms with E-state index in [2.05, 4.69) is 387 Å². The summed E-state index contributed by atoms with van der Waals surface area (Å²) >= 11 is 0. The highest BCUT2D eigenvalue weighted by Gasteiger charge is 2.40. The number of fused-ring (bicyclic) bond motifs is 38. The summed E-state index contributed by atoms with van der Waals surface area (Å²) in [5.74, 6) is 2.62. The molecule has 0 saturated heterocycles. The lowest BCUT2D eigenvalue weighted by molar-refractivity contribution is 0.660. The molecule has 10 heterocycles. The zero-order valence-corrected chi connectivity index (χ0v) is 73.5. The minimum atomic E-state index is -0.0845. The van der Waals surface area contributed by atoms with Gasteiger partial charge in [0.05, 0.1) is 66.2 Å². The summed E-state index contributed by atoms with van der Waals surface area (Å²) < 4.78 is 13.5. The van der Waals surface area contributed by atoms with E-state index in [9.17, 15) is 0 Å². The van der Waals surface area contributed by atoms with E-state index in [0.717, 1.165) is 134 Å². The molecule has 0 bridgehead atoms. The Morgan fingerprint density at radius 2 is 0.590 bits per heavy atom. The molecule has 7 aromatic heterocycles. The summed E-state index contributed by atoms with van der Waals surface area (Å²) in [6.45, 7) is 9.43. The number of hydrogen-bond donors (Lipinski definition) is 0. The van der Waals surface area contributed by atoms with Gasteiger partial charge in [0.1, 0.15) is 28.2 Å². The third-order valence-corrected chi connectivity index (χ3v) is 29.6. The van der Waals surface area contributed by atoms with Crippen LogP contribution < -0.4 is 0 Å². The van der Waals surface area contributed by atoms with E-state index in [1.807, 2.05) is 48.5 Å². The van der Waals surface area contributed by atoms with Crippen LogP contribution in [-0.4, -0.2) is 43.6 Å². The lowest BCUT2D eigenvalue weighted by atomic mass is 9.79. The minimum absolute atomic E-state index is 0.0584. The molecule has 0 fully saturated rings. The van der Waals surface area contributed by atoms with Crippen molar-refractivity contribution in [3.63, 3.8) is 0 Å². The van der Waals surface area contributed by atoms with Crippen molar-refractivity contribution in [3.8, 4) is 140 Å². The van der Waals surface area contributed by atoms with Crippen LogP contribution >= 0.6 is 0 Å². The topological polar surface area (TPSA) is 105 Å².